The molecule has 1 atom stereocenters. The maximum Gasteiger partial charge on any atom is 0.123 e. The lowest BCUT2D eigenvalue weighted by Crippen LogP contribution is -2.52. The van der Waals surface area contributed by atoms with E-state index in [9.17, 15) is 4.39 Å². The van der Waals surface area contributed by atoms with Gasteiger partial charge >= 0.3 is 0 Å². The van der Waals surface area contributed by atoms with Gasteiger partial charge in [0.05, 0.1) is 0 Å². The van der Waals surface area contributed by atoms with Gasteiger partial charge in [-0.2, -0.15) is 0 Å². The Morgan fingerprint density at radius 2 is 1.94 bits per heavy atom. The highest BCUT2D eigenvalue weighted by molar-refractivity contribution is 5.49. The first-order valence-corrected chi connectivity index (χ1v) is 6.82. The summed E-state index contributed by atoms with van der Waals surface area (Å²) in [6, 6.07) is 6.73. The van der Waals surface area contributed by atoms with Gasteiger partial charge in [-0.15, -0.1) is 0 Å². The fraction of sp³-hybridized carbons (Fsp3) is 0.600. The molecule has 2 N–H and O–H groups in total. The average molecular weight is 250 g/mol. The fourth-order valence-corrected chi connectivity index (χ4v) is 2.74. The molecule has 0 bridgehead atoms. The van der Waals surface area contributed by atoms with Crippen LogP contribution < -0.4 is 10.6 Å². The second kappa shape index (κ2) is 5.27. The van der Waals surface area contributed by atoms with E-state index in [2.05, 4.69) is 18.7 Å². The highest BCUT2D eigenvalue weighted by Crippen LogP contribution is 2.39. The molecule has 0 aromatic heterocycles. The van der Waals surface area contributed by atoms with Crippen molar-refractivity contribution in [2.24, 2.45) is 11.7 Å². The molecule has 0 aliphatic heterocycles. The molecule has 1 aliphatic carbocycles. The Hall–Kier alpha value is -1.09. The molecule has 1 saturated carbocycles. The maximum atomic E-state index is 13.0. The van der Waals surface area contributed by atoms with Crippen molar-refractivity contribution in [3.63, 3.8) is 0 Å². The van der Waals surface area contributed by atoms with Crippen LogP contribution in [-0.4, -0.2) is 18.6 Å². The van der Waals surface area contributed by atoms with Crippen LogP contribution in [-0.2, 0) is 0 Å². The molecule has 1 aliphatic rings. The van der Waals surface area contributed by atoms with E-state index in [1.807, 2.05) is 12.1 Å². The number of anilines is 1. The van der Waals surface area contributed by atoms with Crippen molar-refractivity contribution in [1.29, 1.82) is 0 Å². The summed E-state index contributed by atoms with van der Waals surface area (Å²) in [5.74, 6) is 0.638. The molecule has 0 radical (unpaired) electrons. The van der Waals surface area contributed by atoms with Crippen LogP contribution in [0.25, 0.3) is 0 Å². The molecular weight excluding hydrogens is 227 g/mol. The van der Waals surface area contributed by atoms with Crippen LogP contribution in [0.5, 0.6) is 0 Å². The quantitative estimate of drug-likeness (QED) is 0.840. The maximum absolute atomic E-state index is 13.0. The smallest absolute Gasteiger partial charge is 0.123 e. The third-order valence-electron chi connectivity index (χ3n) is 3.97. The van der Waals surface area contributed by atoms with E-state index in [0.29, 0.717) is 6.54 Å². The Kier molecular flexibility index (Phi) is 3.91. The summed E-state index contributed by atoms with van der Waals surface area (Å²) in [5, 5.41) is 0. The predicted molar refractivity (Wildman–Crippen MR) is 74.2 cm³/mol. The van der Waals surface area contributed by atoms with E-state index in [0.717, 1.165) is 24.6 Å². The standard InChI is InChI=1S/C15H23FN2/c1-3-18(14-8-6-13(16)7-9-14)15(2,11-17)10-12-4-5-12/h6-9,12H,3-5,10-11,17H2,1-2H3. The van der Waals surface area contributed by atoms with E-state index in [4.69, 9.17) is 5.73 Å². The fourth-order valence-electron chi connectivity index (χ4n) is 2.74. The van der Waals surface area contributed by atoms with Crippen LogP contribution in [0.1, 0.15) is 33.1 Å². The zero-order chi connectivity index (χ0) is 13.2. The monoisotopic (exact) mass is 250 g/mol. The Bertz CT molecular complexity index is 386. The molecular formula is C15H23FN2. The normalized spacial score (nSPS) is 18.4. The number of likely N-dealkylation sites (N-methyl/N-ethyl adjacent to an activating group) is 1. The van der Waals surface area contributed by atoms with Crippen molar-refractivity contribution in [3.8, 4) is 0 Å². The number of rotatable bonds is 6. The van der Waals surface area contributed by atoms with Crippen molar-refractivity contribution in [3.05, 3.63) is 30.1 Å². The van der Waals surface area contributed by atoms with E-state index < -0.39 is 0 Å². The highest BCUT2D eigenvalue weighted by Gasteiger charge is 2.36. The van der Waals surface area contributed by atoms with Gasteiger partial charge in [0.1, 0.15) is 5.82 Å². The number of halogens is 1. The molecule has 3 heteroatoms. The molecule has 0 spiro atoms. The summed E-state index contributed by atoms with van der Waals surface area (Å²) in [5.41, 5.74) is 7.05. The zero-order valence-electron chi connectivity index (χ0n) is 11.3. The van der Waals surface area contributed by atoms with Gasteiger partial charge in [-0.3, -0.25) is 0 Å². The number of hydrogen-bond donors (Lipinski definition) is 1. The number of nitrogens with two attached hydrogens (primary N) is 1. The lowest BCUT2D eigenvalue weighted by atomic mass is 9.91. The van der Waals surface area contributed by atoms with Gasteiger partial charge < -0.3 is 10.6 Å². The second-order valence-electron chi connectivity index (χ2n) is 5.57. The Labute approximate surface area is 109 Å². The molecule has 100 valence electrons. The molecule has 1 fully saturated rings. The Morgan fingerprint density at radius 3 is 2.39 bits per heavy atom. The predicted octanol–water partition coefficient (Wildman–Crippen LogP) is 3.17. The van der Waals surface area contributed by atoms with Crippen molar-refractivity contribution >= 4 is 5.69 Å². The SMILES string of the molecule is CCN(c1ccc(F)cc1)C(C)(CN)CC1CC1. The van der Waals surface area contributed by atoms with E-state index in [1.165, 1.54) is 25.0 Å². The molecule has 1 unspecified atom stereocenters. The van der Waals surface area contributed by atoms with Gasteiger partial charge in [-0.1, -0.05) is 12.8 Å². The van der Waals surface area contributed by atoms with E-state index in [1.54, 1.807) is 0 Å². The van der Waals surface area contributed by atoms with Crippen molar-refractivity contribution in [2.75, 3.05) is 18.0 Å². The van der Waals surface area contributed by atoms with Crippen LogP contribution in [0.2, 0.25) is 0 Å². The number of benzene rings is 1. The minimum atomic E-state index is -0.188. The van der Waals surface area contributed by atoms with Gasteiger partial charge in [-0.25, -0.2) is 4.39 Å². The van der Waals surface area contributed by atoms with Crippen LogP contribution >= 0.6 is 0 Å². The van der Waals surface area contributed by atoms with Crippen LogP contribution in [0.4, 0.5) is 10.1 Å². The van der Waals surface area contributed by atoms with Crippen LogP contribution in [0.3, 0.4) is 0 Å². The minimum absolute atomic E-state index is 0.0201. The molecule has 1 aromatic rings. The third-order valence-corrected chi connectivity index (χ3v) is 3.97. The summed E-state index contributed by atoms with van der Waals surface area (Å²) in [7, 11) is 0. The lowest BCUT2D eigenvalue weighted by molar-refractivity contribution is 0.383. The third kappa shape index (κ3) is 2.83. The summed E-state index contributed by atoms with van der Waals surface area (Å²) < 4.78 is 13.0. The number of nitrogens with zero attached hydrogens (tertiary/aromatic N) is 1. The molecule has 1 aromatic carbocycles. The van der Waals surface area contributed by atoms with Gasteiger partial charge in [0.25, 0.3) is 0 Å². The van der Waals surface area contributed by atoms with Gasteiger partial charge in [-0.05, 0) is 50.5 Å². The second-order valence-corrected chi connectivity index (χ2v) is 5.57. The van der Waals surface area contributed by atoms with Crippen LogP contribution in [0, 0.1) is 11.7 Å². The highest BCUT2D eigenvalue weighted by atomic mass is 19.1. The summed E-state index contributed by atoms with van der Waals surface area (Å²) >= 11 is 0. The molecule has 18 heavy (non-hydrogen) atoms. The first-order chi connectivity index (χ1) is 8.59. The minimum Gasteiger partial charge on any atom is -0.365 e. The Morgan fingerprint density at radius 1 is 1.33 bits per heavy atom. The summed E-state index contributed by atoms with van der Waals surface area (Å²) in [4.78, 5) is 2.31. The molecule has 2 nitrogen and oxygen atoms in total. The Balaban J connectivity index is 2.21. The zero-order valence-corrected chi connectivity index (χ0v) is 11.3. The van der Waals surface area contributed by atoms with Crippen molar-refractivity contribution in [2.45, 2.75) is 38.6 Å². The van der Waals surface area contributed by atoms with Gasteiger partial charge in [0, 0.05) is 24.3 Å². The summed E-state index contributed by atoms with van der Waals surface area (Å²) in [6.07, 6.45) is 3.79. The average Bonchev–Trinajstić information content (AvgIpc) is 3.16. The van der Waals surface area contributed by atoms with Crippen molar-refractivity contribution < 1.29 is 4.39 Å². The molecule has 0 heterocycles. The summed E-state index contributed by atoms with van der Waals surface area (Å²) in [6.45, 7) is 5.88. The topological polar surface area (TPSA) is 29.3 Å². The lowest BCUT2D eigenvalue weighted by Gasteiger charge is -2.42. The molecule has 0 amide bonds. The van der Waals surface area contributed by atoms with Crippen LogP contribution in [0.15, 0.2) is 24.3 Å². The van der Waals surface area contributed by atoms with E-state index in [-0.39, 0.29) is 11.4 Å². The van der Waals surface area contributed by atoms with Gasteiger partial charge in [0.2, 0.25) is 0 Å². The first-order valence-electron chi connectivity index (χ1n) is 6.82. The number of hydrogen-bond acceptors (Lipinski definition) is 2. The largest absolute Gasteiger partial charge is 0.365 e. The van der Waals surface area contributed by atoms with Gasteiger partial charge in [0.15, 0.2) is 0 Å². The molecule has 0 saturated heterocycles. The van der Waals surface area contributed by atoms with Crippen molar-refractivity contribution in [1.82, 2.24) is 0 Å². The first kappa shape index (κ1) is 13.3. The molecule has 2 rings (SSSR count). The van der Waals surface area contributed by atoms with E-state index >= 15 is 0 Å².